The summed E-state index contributed by atoms with van der Waals surface area (Å²) < 4.78 is 6.42. The molecule has 1 aliphatic rings. The number of nitrogens with two attached hydrogens (primary N) is 1. The van der Waals surface area contributed by atoms with Gasteiger partial charge in [-0.15, -0.1) is 11.3 Å². The molecular weight excluding hydrogens is 416 g/mol. The van der Waals surface area contributed by atoms with Gasteiger partial charge >= 0.3 is 0 Å². The molecule has 0 atom stereocenters. The Kier molecular flexibility index (Phi) is 5.67. The summed E-state index contributed by atoms with van der Waals surface area (Å²) in [5.41, 5.74) is 8.15. The summed E-state index contributed by atoms with van der Waals surface area (Å²) in [6.45, 7) is 4.09. The summed E-state index contributed by atoms with van der Waals surface area (Å²) in [6.07, 6.45) is 2.80. The Bertz CT molecular complexity index is 861. The van der Waals surface area contributed by atoms with Crippen molar-refractivity contribution in [2.45, 2.75) is 39.0 Å². The molecule has 0 unspecified atom stereocenters. The van der Waals surface area contributed by atoms with Gasteiger partial charge in [0, 0.05) is 4.88 Å². The zero-order chi connectivity index (χ0) is 18.8. The van der Waals surface area contributed by atoms with E-state index in [-0.39, 0.29) is 12.5 Å². The van der Waals surface area contributed by atoms with Crippen molar-refractivity contribution in [3.63, 3.8) is 0 Å². The van der Waals surface area contributed by atoms with E-state index < -0.39 is 5.91 Å². The van der Waals surface area contributed by atoms with Crippen molar-refractivity contribution < 1.29 is 14.3 Å². The summed E-state index contributed by atoms with van der Waals surface area (Å²) >= 11 is 4.91. The van der Waals surface area contributed by atoms with E-state index in [0.717, 1.165) is 34.2 Å². The number of carbonyl (C=O) groups is 2. The van der Waals surface area contributed by atoms with Gasteiger partial charge in [0.2, 0.25) is 0 Å². The number of amides is 2. The van der Waals surface area contributed by atoms with Gasteiger partial charge in [0.05, 0.1) is 10.0 Å². The van der Waals surface area contributed by atoms with E-state index in [2.05, 4.69) is 35.1 Å². The molecule has 0 fully saturated rings. The minimum absolute atomic E-state index is 0.138. The van der Waals surface area contributed by atoms with E-state index >= 15 is 0 Å². The summed E-state index contributed by atoms with van der Waals surface area (Å²) in [5.74, 6) is 0.213. The van der Waals surface area contributed by atoms with Crippen LogP contribution < -0.4 is 15.8 Å². The van der Waals surface area contributed by atoms with Crippen molar-refractivity contribution in [3.8, 4) is 5.75 Å². The third-order valence-corrected chi connectivity index (χ3v) is 6.23. The quantitative estimate of drug-likeness (QED) is 0.710. The largest absolute Gasteiger partial charge is 0.483 e. The summed E-state index contributed by atoms with van der Waals surface area (Å²) in [5, 5.41) is 3.31. The summed E-state index contributed by atoms with van der Waals surface area (Å²) in [4.78, 5) is 25.2. The number of primary amides is 1. The fraction of sp³-hybridized carbons (Fsp3) is 0.368. The molecule has 3 rings (SSSR count). The number of aryl methyl sites for hydroxylation is 1. The number of anilines is 1. The van der Waals surface area contributed by atoms with Crippen molar-refractivity contribution in [2.75, 3.05) is 11.9 Å². The Morgan fingerprint density at radius 1 is 1.35 bits per heavy atom. The standard InChI is InChI=1S/C19H21BrN2O3S/c1-10(2)11-6-7-14(13(20)8-11)25-9-16(23)22-19-17(18(21)24)12-4-3-5-15(12)26-19/h6-8,10H,3-5,9H2,1-2H3,(H2,21,24)(H,22,23). The monoisotopic (exact) mass is 436 g/mol. The Balaban J connectivity index is 1.66. The predicted molar refractivity (Wildman–Crippen MR) is 107 cm³/mol. The van der Waals surface area contributed by atoms with E-state index in [1.54, 1.807) is 0 Å². The number of benzene rings is 1. The molecule has 1 aliphatic carbocycles. The molecule has 0 saturated heterocycles. The number of hydrogen-bond donors (Lipinski definition) is 2. The van der Waals surface area contributed by atoms with Crippen molar-refractivity contribution in [1.82, 2.24) is 0 Å². The maximum atomic E-state index is 12.3. The van der Waals surface area contributed by atoms with E-state index in [1.165, 1.54) is 16.9 Å². The first-order valence-corrected chi connectivity index (χ1v) is 10.1. The minimum atomic E-state index is -0.493. The van der Waals surface area contributed by atoms with E-state index in [1.807, 2.05) is 18.2 Å². The van der Waals surface area contributed by atoms with Crippen LogP contribution in [0.4, 0.5) is 5.00 Å². The molecule has 2 amide bonds. The Hall–Kier alpha value is -1.86. The summed E-state index contributed by atoms with van der Waals surface area (Å²) in [6, 6.07) is 5.83. The molecule has 0 radical (unpaired) electrons. The van der Waals surface area contributed by atoms with E-state index in [9.17, 15) is 9.59 Å². The lowest BCUT2D eigenvalue weighted by Gasteiger charge is -2.11. The molecule has 0 spiro atoms. The van der Waals surface area contributed by atoms with Gasteiger partial charge in [-0.2, -0.15) is 0 Å². The van der Waals surface area contributed by atoms with Crippen LogP contribution in [0.2, 0.25) is 0 Å². The van der Waals surface area contributed by atoms with Crippen LogP contribution in [0.1, 0.15) is 52.5 Å². The molecule has 5 nitrogen and oxygen atoms in total. The van der Waals surface area contributed by atoms with Crippen LogP contribution in [-0.4, -0.2) is 18.4 Å². The van der Waals surface area contributed by atoms with Crippen molar-refractivity contribution >= 4 is 44.1 Å². The van der Waals surface area contributed by atoms with Crippen LogP contribution in [0.25, 0.3) is 0 Å². The molecular formula is C19H21BrN2O3S. The first kappa shape index (κ1) is 18.9. The second kappa shape index (κ2) is 7.80. The SMILES string of the molecule is CC(C)c1ccc(OCC(=O)Nc2sc3c(c2C(N)=O)CCC3)c(Br)c1. The first-order valence-electron chi connectivity index (χ1n) is 8.53. The van der Waals surface area contributed by atoms with E-state index in [4.69, 9.17) is 10.5 Å². The van der Waals surface area contributed by atoms with Crippen LogP contribution in [0.3, 0.4) is 0 Å². The van der Waals surface area contributed by atoms with Crippen LogP contribution in [-0.2, 0) is 17.6 Å². The minimum Gasteiger partial charge on any atom is -0.483 e. The molecule has 0 bridgehead atoms. The van der Waals surface area contributed by atoms with Crippen LogP contribution in [0.5, 0.6) is 5.75 Å². The van der Waals surface area contributed by atoms with Gasteiger partial charge in [0.1, 0.15) is 10.8 Å². The van der Waals surface area contributed by atoms with Crippen LogP contribution in [0, 0.1) is 0 Å². The average molecular weight is 437 g/mol. The highest BCUT2D eigenvalue weighted by Gasteiger charge is 2.26. The fourth-order valence-electron chi connectivity index (χ4n) is 3.05. The van der Waals surface area contributed by atoms with Crippen molar-refractivity contribution in [3.05, 3.63) is 44.2 Å². The Morgan fingerprint density at radius 2 is 2.12 bits per heavy atom. The highest BCUT2D eigenvalue weighted by Crippen LogP contribution is 2.38. The third-order valence-electron chi connectivity index (χ3n) is 4.40. The lowest BCUT2D eigenvalue weighted by molar-refractivity contribution is -0.118. The second-order valence-electron chi connectivity index (χ2n) is 6.61. The highest BCUT2D eigenvalue weighted by molar-refractivity contribution is 9.10. The number of hydrogen-bond acceptors (Lipinski definition) is 4. The molecule has 0 aliphatic heterocycles. The average Bonchev–Trinajstić information content (AvgIpc) is 3.13. The second-order valence-corrected chi connectivity index (χ2v) is 8.57. The maximum Gasteiger partial charge on any atom is 0.262 e. The molecule has 138 valence electrons. The number of fused-ring (bicyclic) bond motifs is 1. The third kappa shape index (κ3) is 3.94. The topological polar surface area (TPSA) is 81.4 Å². The number of thiophene rings is 1. The zero-order valence-electron chi connectivity index (χ0n) is 14.7. The molecule has 0 saturated carbocycles. The van der Waals surface area contributed by atoms with Crippen LogP contribution >= 0.6 is 27.3 Å². The first-order chi connectivity index (χ1) is 12.4. The number of ether oxygens (including phenoxy) is 1. The lowest BCUT2D eigenvalue weighted by Crippen LogP contribution is -2.22. The van der Waals surface area contributed by atoms with Gasteiger partial charge in [0.25, 0.3) is 11.8 Å². The smallest absolute Gasteiger partial charge is 0.262 e. The van der Waals surface area contributed by atoms with E-state index in [0.29, 0.717) is 22.2 Å². The highest BCUT2D eigenvalue weighted by atomic mass is 79.9. The fourth-order valence-corrected chi connectivity index (χ4v) is 4.87. The lowest BCUT2D eigenvalue weighted by atomic mass is 10.0. The molecule has 7 heteroatoms. The normalized spacial score (nSPS) is 12.9. The van der Waals surface area contributed by atoms with Gasteiger partial charge in [0.15, 0.2) is 6.61 Å². The van der Waals surface area contributed by atoms with Gasteiger partial charge in [-0.1, -0.05) is 19.9 Å². The molecule has 2 aromatic rings. The Labute approximate surface area is 165 Å². The molecule has 1 heterocycles. The predicted octanol–water partition coefficient (Wildman–Crippen LogP) is 4.24. The number of rotatable bonds is 6. The molecule has 3 N–H and O–H groups in total. The van der Waals surface area contributed by atoms with Crippen molar-refractivity contribution in [1.29, 1.82) is 0 Å². The summed E-state index contributed by atoms with van der Waals surface area (Å²) in [7, 11) is 0. The van der Waals surface area contributed by atoms with Gasteiger partial charge in [-0.25, -0.2) is 0 Å². The molecule has 1 aromatic heterocycles. The van der Waals surface area contributed by atoms with Gasteiger partial charge in [-0.3, -0.25) is 9.59 Å². The zero-order valence-corrected chi connectivity index (χ0v) is 17.1. The number of halogens is 1. The van der Waals surface area contributed by atoms with Gasteiger partial charge < -0.3 is 15.8 Å². The number of carbonyl (C=O) groups excluding carboxylic acids is 2. The van der Waals surface area contributed by atoms with Crippen LogP contribution in [0.15, 0.2) is 22.7 Å². The molecule has 26 heavy (non-hydrogen) atoms. The molecule has 1 aromatic carbocycles. The van der Waals surface area contributed by atoms with Crippen molar-refractivity contribution in [2.24, 2.45) is 5.73 Å². The number of nitrogens with one attached hydrogen (secondary N) is 1. The maximum absolute atomic E-state index is 12.3. The van der Waals surface area contributed by atoms with Gasteiger partial charge in [-0.05, 0) is 64.4 Å². The Morgan fingerprint density at radius 3 is 2.77 bits per heavy atom.